The molecule has 0 amide bonds. The van der Waals surface area contributed by atoms with Gasteiger partial charge in [0, 0.05) is 11.3 Å². The lowest BCUT2D eigenvalue weighted by Gasteiger charge is -2.02. The normalized spacial score (nSPS) is 9.50. The Balaban J connectivity index is 3.30. The highest BCUT2D eigenvalue weighted by Crippen LogP contribution is 2.12. The van der Waals surface area contributed by atoms with E-state index in [1.165, 1.54) is 12.1 Å². The molecule has 1 N–H and O–H groups in total. The van der Waals surface area contributed by atoms with E-state index < -0.39 is 0 Å². The van der Waals surface area contributed by atoms with Gasteiger partial charge < -0.3 is 5.41 Å². The summed E-state index contributed by atoms with van der Waals surface area (Å²) in [5, 5.41) is 7.36. The predicted octanol–water partition coefficient (Wildman–Crippen LogP) is 2.86. The Morgan fingerprint density at radius 2 is 2.25 bits per heavy atom. The molecule has 12 heavy (non-hydrogen) atoms. The highest BCUT2D eigenvalue weighted by Gasteiger charge is 2.02. The van der Waals surface area contributed by atoms with E-state index in [1.54, 1.807) is 19.1 Å². The van der Waals surface area contributed by atoms with Crippen LogP contribution in [0.3, 0.4) is 0 Å². The number of hydrogen-bond acceptors (Lipinski definition) is 1. The lowest BCUT2D eigenvalue weighted by molar-refractivity contribution is 0.627. The Labute approximate surface area is 71.1 Å². The van der Waals surface area contributed by atoms with E-state index in [1.807, 2.05) is 0 Å². The number of halogens is 1. The second kappa shape index (κ2) is 3.30. The fourth-order valence-electron chi connectivity index (χ4n) is 1.03. The molecule has 0 bridgehead atoms. The van der Waals surface area contributed by atoms with Crippen molar-refractivity contribution >= 4 is 11.8 Å². The summed E-state index contributed by atoms with van der Waals surface area (Å²) in [6.45, 7) is 5.21. The SMILES string of the molecule is C=Cc1ccc(F)cc1C(C)=N. The van der Waals surface area contributed by atoms with Gasteiger partial charge in [-0.1, -0.05) is 18.7 Å². The van der Waals surface area contributed by atoms with E-state index in [4.69, 9.17) is 5.41 Å². The van der Waals surface area contributed by atoms with Crippen molar-refractivity contribution in [2.45, 2.75) is 6.92 Å². The Morgan fingerprint density at radius 3 is 2.75 bits per heavy atom. The molecular weight excluding hydrogens is 153 g/mol. The highest BCUT2D eigenvalue weighted by molar-refractivity contribution is 5.99. The summed E-state index contributed by atoms with van der Waals surface area (Å²) >= 11 is 0. The number of benzene rings is 1. The van der Waals surface area contributed by atoms with Crippen LogP contribution in [0.2, 0.25) is 0 Å². The molecule has 0 saturated carbocycles. The van der Waals surface area contributed by atoms with Gasteiger partial charge in [-0.2, -0.15) is 0 Å². The minimum atomic E-state index is -0.317. The van der Waals surface area contributed by atoms with Crippen molar-refractivity contribution < 1.29 is 4.39 Å². The molecule has 0 aliphatic heterocycles. The van der Waals surface area contributed by atoms with Gasteiger partial charge in [0.2, 0.25) is 0 Å². The molecule has 0 saturated heterocycles. The Morgan fingerprint density at radius 1 is 1.58 bits per heavy atom. The second-order valence-corrected chi connectivity index (χ2v) is 2.56. The molecule has 0 unspecified atom stereocenters. The average molecular weight is 163 g/mol. The van der Waals surface area contributed by atoms with Crippen molar-refractivity contribution in [3.8, 4) is 0 Å². The first kappa shape index (κ1) is 8.65. The molecule has 2 heteroatoms. The zero-order valence-corrected chi connectivity index (χ0v) is 6.89. The molecule has 1 aromatic carbocycles. The van der Waals surface area contributed by atoms with E-state index in [0.717, 1.165) is 5.56 Å². The van der Waals surface area contributed by atoms with Crippen LogP contribution in [0.5, 0.6) is 0 Å². The Bertz CT molecular complexity index is 329. The van der Waals surface area contributed by atoms with Gasteiger partial charge in [0.25, 0.3) is 0 Å². The topological polar surface area (TPSA) is 23.9 Å². The summed E-state index contributed by atoms with van der Waals surface area (Å²) in [4.78, 5) is 0. The maximum Gasteiger partial charge on any atom is 0.123 e. The van der Waals surface area contributed by atoms with E-state index in [-0.39, 0.29) is 5.82 Å². The van der Waals surface area contributed by atoms with Gasteiger partial charge in [0.1, 0.15) is 5.82 Å². The Kier molecular flexibility index (Phi) is 2.38. The van der Waals surface area contributed by atoms with Gasteiger partial charge in [-0.3, -0.25) is 0 Å². The van der Waals surface area contributed by atoms with E-state index in [2.05, 4.69) is 6.58 Å². The molecule has 0 spiro atoms. The summed E-state index contributed by atoms with van der Waals surface area (Å²) in [6, 6.07) is 4.33. The lowest BCUT2D eigenvalue weighted by Crippen LogP contribution is -1.96. The van der Waals surface area contributed by atoms with Gasteiger partial charge in [-0.05, 0) is 24.6 Å². The van der Waals surface area contributed by atoms with Gasteiger partial charge in [-0.25, -0.2) is 4.39 Å². The van der Waals surface area contributed by atoms with Crippen molar-refractivity contribution in [1.29, 1.82) is 5.41 Å². The second-order valence-electron chi connectivity index (χ2n) is 2.56. The third kappa shape index (κ3) is 1.59. The van der Waals surface area contributed by atoms with Crippen LogP contribution in [0, 0.1) is 11.2 Å². The molecule has 1 aromatic rings. The van der Waals surface area contributed by atoms with Gasteiger partial charge in [-0.15, -0.1) is 0 Å². The number of hydrogen-bond donors (Lipinski definition) is 1. The third-order valence-electron chi connectivity index (χ3n) is 1.64. The van der Waals surface area contributed by atoms with Crippen LogP contribution in [0.15, 0.2) is 24.8 Å². The van der Waals surface area contributed by atoms with Crippen molar-refractivity contribution in [2.75, 3.05) is 0 Å². The van der Waals surface area contributed by atoms with Crippen LogP contribution in [-0.2, 0) is 0 Å². The standard InChI is InChI=1S/C10H10FN/c1-3-8-4-5-9(11)6-10(8)7(2)12/h3-6,12H,1H2,2H3. The number of rotatable bonds is 2. The molecule has 0 aromatic heterocycles. The van der Waals surface area contributed by atoms with Crippen LogP contribution < -0.4 is 0 Å². The smallest absolute Gasteiger partial charge is 0.123 e. The number of nitrogens with one attached hydrogen (secondary N) is 1. The predicted molar refractivity (Wildman–Crippen MR) is 49.0 cm³/mol. The fourth-order valence-corrected chi connectivity index (χ4v) is 1.03. The monoisotopic (exact) mass is 163 g/mol. The van der Waals surface area contributed by atoms with Crippen molar-refractivity contribution in [3.05, 3.63) is 41.7 Å². The first-order valence-electron chi connectivity index (χ1n) is 3.62. The molecule has 1 rings (SSSR count). The van der Waals surface area contributed by atoms with Crippen LogP contribution in [-0.4, -0.2) is 5.71 Å². The maximum absolute atomic E-state index is 12.7. The summed E-state index contributed by atoms with van der Waals surface area (Å²) in [5.41, 5.74) is 1.75. The van der Waals surface area contributed by atoms with Gasteiger partial charge in [0.15, 0.2) is 0 Å². The summed E-state index contributed by atoms with van der Waals surface area (Å²) in [5.74, 6) is -0.317. The fraction of sp³-hybridized carbons (Fsp3) is 0.100. The van der Waals surface area contributed by atoms with Crippen molar-refractivity contribution in [2.24, 2.45) is 0 Å². The molecule has 0 radical (unpaired) electrons. The Hall–Kier alpha value is -1.44. The van der Waals surface area contributed by atoms with Crippen LogP contribution in [0.4, 0.5) is 4.39 Å². The van der Waals surface area contributed by atoms with Crippen LogP contribution in [0.25, 0.3) is 6.08 Å². The molecule has 0 atom stereocenters. The molecule has 62 valence electrons. The van der Waals surface area contributed by atoms with E-state index in [0.29, 0.717) is 11.3 Å². The lowest BCUT2D eigenvalue weighted by atomic mass is 10.0. The van der Waals surface area contributed by atoms with Crippen LogP contribution in [0.1, 0.15) is 18.1 Å². The largest absolute Gasteiger partial charge is 0.305 e. The molecule has 0 aliphatic rings. The van der Waals surface area contributed by atoms with Gasteiger partial charge >= 0.3 is 0 Å². The van der Waals surface area contributed by atoms with E-state index >= 15 is 0 Å². The molecule has 0 aliphatic carbocycles. The minimum Gasteiger partial charge on any atom is -0.305 e. The average Bonchev–Trinajstić information content (AvgIpc) is 2.04. The zero-order chi connectivity index (χ0) is 9.14. The maximum atomic E-state index is 12.7. The third-order valence-corrected chi connectivity index (χ3v) is 1.64. The minimum absolute atomic E-state index is 0.317. The van der Waals surface area contributed by atoms with Crippen molar-refractivity contribution in [3.63, 3.8) is 0 Å². The van der Waals surface area contributed by atoms with Gasteiger partial charge in [0.05, 0.1) is 0 Å². The summed E-state index contributed by atoms with van der Waals surface area (Å²) in [6.07, 6.45) is 1.62. The van der Waals surface area contributed by atoms with Crippen LogP contribution >= 0.6 is 0 Å². The zero-order valence-electron chi connectivity index (χ0n) is 6.89. The highest BCUT2D eigenvalue weighted by atomic mass is 19.1. The quantitative estimate of drug-likeness (QED) is 0.648. The summed E-state index contributed by atoms with van der Waals surface area (Å²) < 4.78 is 12.7. The summed E-state index contributed by atoms with van der Waals surface area (Å²) in [7, 11) is 0. The first-order chi connectivity index (χ1) is 5.65. The van der Waals surface area contributed by atoms with E-state index in [9.17, 15) is 4.39 Å². The van der Waals surface area contributed by atoms with Crippen molar-refractivity contribution in [1.82, 2.24) is 0 Å². The molecule has 0 fully saturated rings. The molecular formula is C10H10FN. The molecule has 1 nitrogen and oxygen atoms in total. The molecule has 0 heterocycles. The first-order valence-corrected chi connectivity index (χ1v) is 3.62.